The number of ketones is 2. The van der Waals surface area contributed by atoms with Gasteiger partial charge >= 0.3 is 0 Å². The largest absolute Gasteiger partial charge is 0.493 e. The van der Waals surface area contributed by atoms with E-state index in [1.54, 1.807) is 19.9 Å². The summed E-state index contributed by atoms with van der Waals surface area (Å²) in [7, 11) is 1.37. The molecule has 1 unspecified atom stereocenters. The van der Waals surface area contributed by atoms with Crippen LogP contribution in [0.1, 0.15) is 26.7 Å². The molecule has 0 radical (unpaired) electrons. The molecule has 1 rings (SSSR count). The average Bonchev–Trinajstić information content (AvgIpc) is 2.23. The first-order valence-electron chi connectivity index (χ1n) is 5.17. The Morgan fingerprint density at radius 1 is 1.56 bits per heavy atom. The Hall–Kier alpha value is -1.42. The molecular weight excluding hydrogens is 208 g/mol. The number of aliphatic hydroxyl groups is 1. The van der Waals surface area contributed by atoms with Gasteiger partial charge in [-0.25, -0.2) is 0 Å². The summed E-state index contributed by atoms with van der Waals surface area (Å²) in [6.07, 6.45) is 3.06. The first-order valence-corrected chi connectivity index (χ1v) is 5.17. The second-order valence-electron chi connectivity index (χ2n) is 3.92. The van der Waals surface area contributed by atoms with Gasteiger partial charge in [-0.05, 0) is 24.6 Å². The minimum absolute atomic E-state index is 0.0893. The Labute approximate surface area is 94.6 Å². The van der Waals surface area contributed by atoms with E-state index in [9.17, 15) is 14.7 Å². The highest BCUT2D eigenvalue weighted by Gasteiger charge is 2.40. The van der Waals surface area contributed by atoms with Crippen molar-refractivity contribution in [3.8, 4) is 0 Å². The van der Waals surface area contributed by atoms with E-state index >= 15 is 0 Å². The number of ether oxygens (including phenoxy) is 1. The van der Waals surface area contributed by atoms with Gasteiger partial charge < -0.3 is 9.84 Å². The lowest BCUT2D eigenvalue weighted by molar-refractivity contribution is -0.137. The number of hydrogen-bond donors (Lipinski definition) is 1. The van der Waals surface area contributed by atoms with Gasteiger partial charge in [0, 0.05) is 12.8 Å². The summed E-state index contributed by atoms with van der Waals surface area (Å²) in [4.78, 5) is 23.2. The molecule has 0 aliphatic heterocycles. The minimum Gasteiger partial charge on any atom is -0.493 e. The quantitative estimate of drug-likeness (QED) is 0.778. The average molecular weight is 224 g/mol. The fraction of sp³-hybridized carbons (Fsp3) is 0.500. The normalized spacial score (nSPS) is 24.9. The smallest absolute Gasteiger partial charge is 0.233 e. The Kier molecular flexibility index (Phi) is 3.65. The molecule has 1 N–H and O–H groups in total. The summed E-state index contributed by atoms with van der Waals surface area (Å²) in [5.41, 5.74) is -1.03. The number of methoxy groups -OCH3 is 1. The third-order valence-corrected chi connectivity index (χ3v) is 2.52. The zero-order chi connectivity index (χ0) is 12.3. The van der Waals surface area contributed by atoms with Crippen LogP contribution in [0.15, 0.2) is 23.5 Å². The first-order chi connectivity index (χ1) is 7.42. The standard InChI is InChI=1S/C12H16O4/c1-4-9(13)7-12(15)6-8(2)5-10(16-3)11(12)14/h5-6,15H,4,7H2,1-3H3. The van der Waals surface area contributed by atoms with Gasteiger partial charge in [0.1, 0.15) is 5.78 Å². The van der Waals surface area contributed by atoms with Crippen LogP contribution in [0.5, 0.6) is 0 Å². The summed E-state index contributed by atoms with van der Waals surface area (Å²) in [5, 5.41) is 10.1. The lowest BCUT2D eigenvalue weighted by atomic mass is 9.85. The topological polar surface area (TPSA) is 63.6 Å². The molecule has 88 valence electrons. The zero-order valence-electron chi connectivity index (χ0n) is 9.74. The lowest BCUT2D eigenvalue weighted by Crippen LogP contribution is -2.42. The maximum Gasteiger partial charge on any atom is 0.233 e. The third-order valence-electron chi connectivity index (χ3n) is 2.52. The van der Waals surface area contributed by atoms with E-state index in [-0.39, 0.29) is 18.0 Å². The summed E-state index contributed by atoms with van der Waals surface area (Å²) >= 11 is 0. The summed E-state index contributed by atoms with van der Waals surface area (Å²) in [6, 6.07) is 0. The van der Waals surface area contributed by atoms with Crippen molar-refractivity contribution in [2.24, 2.45) is 0 Å². The Balaban J connectivity index is 3.01. The molecule has 0 saturated heterocycles. The van der Waals surface area contributed by atoms with Gasteiger partial charge in [0.2, 0.25) is 5.78 Å². The van der Waals surface area contributed by atoms with Gasteiger partial charge in [0.05, 0.1) is 7.11 Å². The predicted octanol–water partition coefficient (Wildman–Crippen LogP) is 1.15. The molecule has 1 aliphatic rings. The van der Waals surface area contributed by atoms with Gasteiger partial charge in [0.25, 0.3) is 0 Å². The molecule has 0 aromatic carbocycles. The number of carbonyl (C=O) groups excluding carboxylic acids is 2. The van der Waals surface area contributed by atoms with Crippen LogP contribution in [0.3, 0.4) is 0 Å². The van der Waals surface area contributed by atoms with Crippen molar-refractivity contribution in [3.05, 3.63) is 23.5 Å². The minimum atomic E-state index is -1.74. The number of Topliss-reactive ketones (excluding diaryl/α,β-unsaturated/α-hetero) is 2. The van der Waals surface area contributed by atoms with E-state index in [1.165, 1.54) is 13.2 Å². The lowest BCUT2D eigenvalue weighted by Gasteiger charge is -2.26. The molecule has 0 saturated carbocycles. The van der Waals surface area contributed by atoms with Crippen molar-refractivity contribution in [1.82, 2.24) is 0 Å². The maximum absolute atomic E-state index is 11.8. The number of allylic oxidation sites excluding steroid dienone is 2. The van der Waals surface area contributed by atoms with E-state index in [1.807, 2.05) is 0 Å². The second kappa shape index (κ2) is 4.61. The van der Waals surface area contributed by atoms with Gasteiger partial charge in [-0.3, -0.25) is 9.59 Å². The number of rotatable bonds is 4. The van der Waals surface area contributed by atoms with Crippen LogP contribution in [-0.2, 0) is 14.3 Å². The molecule has 4 nitrogen and oxygen atoms in total. The highest BCUT2D eigenvalue weighted by Crippen LogP contribution is 2.27. The second-order valence-corrected chi connectivity index (χ2v) is 3.92. The van der Waals surface area contributed by atoms with Crippen molar-refractivity contribution in [2.75, 3.05) is 7.11 Å². The molecular formula is C12H16O4. The molecule has 0 aromatic rings. The van der Waals surface area contributed by atoms with Crippen molar-refractivity contribution in [1.29, 1.82) is 0 Å². The summed E-state index contributed by atoms with van der Waals surface area (Å²) in [6.45, 7) is 3.44. The van der Waals surface area contributed by atoms with Crippen LogP contribution in [0, 0.1) is 0 Å². The molecule has 0 heterocycles. The summed E-state index contributed by atoms with van der Waals surface area (Å²) < 4.78 is 4.88. The van der Waals surface area contributed by atoms with Crippen LogP contribution >= 0.6 is 0 Å². The molecule has 0 spiro atoms. The molecule has 16 heavy (non-hydrogen) atoms. The van der Waals surface area contributed by atoms with E-state index in [0.29, 0.717) is 12.0 Å². The van der Waals surface area contributed by atoms with Crippen molar-refractivity contribution in [2.45, 2.75) is 32.3 Å². The van der Waals surface area contributed by atoms with Crippen molar-refractivity contribution >= 4 is 11.6 Å². The molecule has 1 atom stereocenters. The fourth-order valence-electron chi connectivity index (χ4n) is 1.68. The molecule has 0 fully saturated rings. The fourth-order valence-corrected chi connectivity index (χ4v) is 1.68. The number of carbonyl (C=O) groups is 2. The summed E-state index contributed by atoms with van der Waals surface area (Å²) in [5.74, 6) is -0.619. The highest BCUT2D eigenvalue weighted by molar-refractivity contribution is 6.05. The Morgan fingerprint density at radius 3 is 2.69 bits per heavy atom. The van der Waals surface area contributed by atoms with Crippen molar-refractivity contribution < 1.29 is 19.4 Å². The van der Waals surface area contributed by atoms with Gasteiger partial charge in [0.15, 0.2) is 11.4 Å². The van der Waals surface area contributed by atoms with Crippen LogP contribution < -0.4 is 0 Å². The number of hydrogen-bond acceptors (Lipinski definition) is 4. The monoisotopic (exact) mass is 224 g/mol. The van der Waals surface area contributed by atoms with Crippen LogP contribution in [-0.4, -0.2) is 29.4 Å². The molecule has 0 amide bonds. The first kappa shape index (κ1) is 12.6. The van der Waals surface area contributed by atoms with Gasteiger partial charge in [-0.15, -0.1) is 0 Å². The third kappa shape index (κ3) is 2.39. The molecule has 0 bridgehead atoms. The van der Waals surface area contributed by atoms with Crippen molar-refractivity contribution in [3.63, 3.8) is 0 Å². The van der Waals surface area contributed by atoms with Crippen LogP contribution in [0.4, 0.5) is 0 Å². The van der Waals surface area contributed by atoms with E-state index in [4.69, 9.17) is 4.74 Å². The maximum atomic E-state index is 11.8. The van der Waals surface area contributed by atoms with Gasteiger partial charge in [-0.2, -0.15) is 0 Å². The predicted molar refractivity (Wildman–Crippen MR) is 58.7 cm³/mol. The van der Waals surface area contributed by atoms with E-state index < -0.39 is 11.4 Å². The molecule has 0 aromatic heterocycles. The van der Waals surface area contributed by atoms with E-state index in [2.05, 4.69) is 0 Å². The SMILES string of the molecule is CCC(=O)CC1(O)C=C(C)C=C(OC)C1=O. The Bertz CT molecular complexity index is 378. The zero-order valence-corrected chi connectivity index (χ0v) is 9.74. The van der Waals surface area contributed by atoms with E-state index in [0.717, 1.165) is 0 Å². The van der Waals surface area contributed by atoms with Crippen LogP contribution in [0.25, 0.3) is 0 Å². The Morgan fingerprint density at radius 2 is 2.19 bits per heavy atom. The van der Waals surface area contributed by atoms with Gasteiger partial charge in [-0.1, -0.05) is 6.92 Å². The highest BCUT2D eigenvalue weighted by atomic mass is 16.5. The molecule has 4 heteroatoms. The molecule has 1 aliphatic carbocycles. The van der Waals surface area contributed by atoms with Crippen LogP contribution in [0.2, 0.25) is 0 Å².